The lowest BCUT2D eigenvalue weighted by Gasteiger charge is -2.14. The summed E-state index contributed by atoms with van der Waals surface area (Å²) in [5.74, 6) is 0.526. The van der Waals surface area contributed by atoms with E-state index in [2.05, 4.69) is 8.51 Å². The molecule has 2 atom stereocenters. The van der Waals surface area contributed by atoms with Gasteiger partial charge in [-0.05, 0) is 18.9 Å². The van der Waals surface area contributed by atoms with Gasteiger partial charge in [0.25, 0.3) is 0 Å². The zero-order valence-corrected chi connectivity index (χ0v) is 10.6. The van der Waals surface area contributed by atoms with E-state index in [9.17, 15) is 4.79 Å². The van der Waals surface area contributed by atoms with Crippen LogP contribution in [0.4, 0.5) is 5.82 Å². The van der Waals surface area contributed by atoms with Gasteiger partial charge in [-0.25, -0.2) is 4.79 Å². The molecular weight excluding hydrogens is 325 g/mol. The first-order valence-corrected chi connectivity index (χ1v) is 6.04. The van der Waals surface area contributed by atoms with Crippen LogP contribution in [0.25, 0.3) is 0 Å². The minimum absolute atomic E-state index is 0.00787. The van der Waals surface area contributed by atoms with Gasteiger partial charge in [0.2, 0.25) is 0 Å². The minimum Gasteiger partial charge on any atom is -0.394 e. The van der Waals surface area contributed by atoms with Crippen molar-refractivity contribution in [1.29, 1.82) is 0 Å². The first-order valence-electron chi connectivity index (χ1n) is 4.96. The number of aliphatic hydroxyl groups excluding tert-OH is 1. The van der Waals surface area contributed by atoms with Crippen molar-refractivity contribution in [2.45, 2.75) is 25.2 Å². The molecule has 16 heavy (non-hydrogen) atoms. The molecule has 88 valence electrons. The Balaban J connectivity index is 2.19. The van der Waals surface area contributed by atoms with Crippen LogP contribution in [0.2, 0.25) is 0 Å². The molecule has 0 aliphatic carbocycles. The fraction of sp³-hybridized carbons (Fsp3) is 0.556. The van der Waals surface area contributed by atoms with Crippen molar-refractivity contribution < 1.29 is 9.84 Å². The molecule has 0 aromatic carbocycles. The number of ether oxygens (including phenoxy) is 1. The second-order valence-electron chi connectivity index (χ2n) is 3.57. The summed E-state index contributed by atoms with van der Waals surface area (Å²) in [5, 5.41) is 8.94. The topological polar surface area (TPSA) is 76.4 Å². The fourth-order valence-corrected chi connectivity index (χ4v) is 2.01. The summed E-state index contributed by atoms with van der Waals surface area (Å²) in [6.07, 6.45) is 2.67. The Bertz CT molecular complexity index is 423. The van der Waals surface area contributed by atoms with E-state index in [1.165, 1.54) is 4.57 Å². The maximum absolute atomic E-state index is 11.6. The molecule has 2 unspecified atom stereocenters. The smallest absolute Gasteiger partial charge is 0.351 e. The van der Waals surface area contributed by atoms with Crippen molar-refractivity contribution >= 4 is 28.7 Å². The number of anilines is 1. The molecule has 2 N–H and O–H groups in total. The van der Waals surface area contributed by atoms with Crippen LogP contribution >= 0.6 is 22.9 Å². The highest BCUT2D eigenvalue weighted by molar-refractivity contribution is 14.1. The first-order chi connectivity index (χ1) is 7.74. The number of aromatic nitrogens is 2. The Hall–Kier alpha value is -0.670. The third kappa shape index (κ3) is 2.36. The van der Waals surface area contributed by atoms with Gasteiger partial charge in [-0.15, -0.1) is 0 Å². The van der Waals surface area contributed by atoms with Crippen LogP contribution in [0.5, 0.6) is 0 Å². The fourth-order valence-electron chi connectivity index (χ4n) is 1.71. The Morgan fingerprint density at radius 2 is 2.50 bits per heavy atom. The van der Waals surface area contributed by atoms with Crippen molar-refractivity contribution in [3.63, 3.8) is 0 Å². The number of hydrogen-bond donors (Lipinski definition) is 2. The van der Waals surface area contributed by atoms with E-state index in [0.717, 1.165) is 12.8 Å². The molecule has 0 saturated carbocycles. The predicted molar refractivity (Wildman–Crippen MR) is 66.4 cm³/mol. The van der Waals surface area contributed by atoms with E-state index < -0.39 is 0 Å². The van der Waals surface area contributed by atoms with E-state index >= 15 is 0 Å². The molecule has 1 aliphatic heterocycles. The molecule has 0 amide bonds. The molecule has 0 radical (unpaired) electrons. The highest BCUT2D eigenvalue weighted by Gasteiger charge is 2.26. The molecule has 1 fully saturated rings. The molecule has 0 bridgehead atoms. The van der Waals surface area contributed by atoms with Crippen molar-refractivity contribution in [3.8, 4) is 0 Å². The number of rotatable bonds is 3. The maximum Gasteiger partial charge on any atom is 0.351 e. The molecule has 1 aromatic rings. The maximum atomic E-state index is 11.6. The molecular formula is C9H12IN3O3. The van der Waals surface area contributed by atoms with E-state index in [4.69, 9.17) is 9.84 Å². The quantitative estimate of drug-likeness (QED) is 0.627. The van der Waals surface area contributed by atoms with Gasteiger partial charge in [-0.2, -0.15) is 4.98 Å². The van der Waals surface area contributed by atoms with Crippen LogP contribution in [0.1, 0.15) is 19.1 Å². The third-order valence-corrected chi connectivity index (χ3v) is 3.08. The zero-order chi connectivity index (χ0) is 11.5. The first kappa shape index (κ1) is 11.8. The lowest BCUT2D eigenvalue weighted by molar-refractivity contribution is -0.0245. The molecule has 1 aliphatic rings. The van der Waals surface area contributed by atoms with Gasteiger partial charge in [0, 0.05) is 6.20 Å². The van der Waals surface area contributed by atoms with E-state index in [0.29, 0.717) is 5.82 Å². The lowest BCUT2D eigenvalue weighted by Crippen LogP contribution is -2.27. The molecule has 6 nitrogen and oxygen atoms in total. The third-order valence-electron chi connectivity index (χ3n) is 2.53. The van der Waals surface area contributed by atoms with Crippen LogP contribution < -0.4 is 9.22 Å². The van der Waals surface area contributed by atoms with Crippen LogP contribution in [0.15, 0.2) is 17.1 Å². The van der Waals surface area contributed by atoms with Gasteiger partial charge in [0.1, 0.15) is 12.0 Å². The summed E-state index contributed by atoms with van der Waals surface area (Å²) in [6, 6.07) is 1.71. The Kier molecular flexibility index (Phi) is 3.77. The lowest BCUT2D eigenvalue weighted by atomic mass is 10.2. The Morgan fingerprint density at radius 1 is 1.69 bits per heavy atom. The molecule has 2 rings (SSSR count). The Labute approximate surface area is 106 Å². The van der Waals surface area contributed by atoms with Gasteiger partial charge < -0.3 is 13.4 Å². The van der Waals surface area contributed by atoms with E-state index in [-0.39, 0.29) is 24.6 Å². The monoisotopic (exact) mass is 337 g/mol. The summed E-state index contributed by atoms with van der Waals surface area (Å²) in [5.41, 5.74) is -0.342. The minimum atomic E-state index is -0.342. The van der Waals surface area contributed by atoms with E-state index in [1.807, 2.05) is 22.9 Å². The van der Waals surface area contributed by atoms with Crippen molar-refractivity contribution in [2.75, 3.05) is 10.1 Å². The van der Waals surface area contributed by atoms with E-state index in [1.54, 1.807) is 12.3 Å². The van der Waals surface area contributed by atoms with Crippen LogP contribution in [-0.2, 0) is 4.74 Å². The summed E-state index contributed by atoms with van der Waals surface area (Å²) in [4.78, 5) is 15.5. The van der Waals surface area contributed by atoms with Gasteiger partial charge >= 0.3 is 5.69 Å². The SMILES string of the molecule is O=c1nc(NI)ccn1C1CCC(CO)O1. The molecule has 1 aromatic heterocycles. The highest BCUT2D eigenvalue weighted by atomic mass is 127. The second-order valence-corrected chi connectivity index (χ2v) is 4.11. The standard InChI is InChI=1S/C9H12IN3O3/c10-12-7-3-4-13(9(15)11-7)8-2-1-6(5-14)16-8/h3-4,6,8,14H,1-2,5H2,(H,11,12,15). The largest absolute Gasteiger partial charge is 0.394 e. The van der Waals surface area contributed by atoms with Crippen molar-refractivity contribution in [1.82, 2.24) is 9.55 Å². The normalized spacial score (nSPS) is 24.6. The molecule has 2 heterocycles. The molecule has 1 saturated heterocycles. The summed E-state index contributed by atoms with van der Waals surface area (Å²) in [6.45, 7) is -0.00787. The average Bonchev–Trinajstić information content (AvgIpc) is 2.77. The molecule has 7 heteroatoms. The zero-order valence-electron chi connectivity index (χ0n) is 8.47. The number of hydrogen-bond acceptors (Lipinski definition) is 5. The highest BCUT2D eigenvalue weighted by Crippen LogP contribution is 2.26. The van der Waals surface area contributed by atoms with Crippen molar-refractivity contribution in [3.05, 3.63) is 22.7 Å². The van der Waals surface area contributed by atoms with Gasteiger partial charge in [-0.3, -0.25) is 4.57 Å². The van der Waals surface area contributed by atoms with Gasteiger partial charge in [0.05, 0.1) is 35.6 Å². The summed E-state index contributed by atoms with van der Waals surface area (Å²) in [7, 11) is 0. The number of nitrogens with one attached hydrogen (secondary N) is 1. The van der Waals surface area contributed by atoms with Crippen molar-refractivity contribution in [2.24, 2.45) is 0 Å². The number of halogens is 1. The number of nitrogens with zero attached hydrogens (tertiary/aromatic N) is 2. The number of aliphatic hydroxyl groups is 1. The summed E-state index contributed by atoms with van der Waals surface area (Å²) < 4.78 is 9.72. The predicted octanol–water partition coefficient (Wildman–Crippen LogP) is 0.675. The molecule has 0 spiro atoms. The second kappa shape index (κ2) is 5.11. The van der Waals surface area contributed by atoms with Gasteiger partial charge in [-0.1, -0.05) is 0 Å². The van der Waals surface area contributed by atoms with Crippen LogP contribution in [0.3, 0.4) is 0 Å². The average molecular weight is 337 g/mol. The van der Waals surface area contributed by atoms with Crippen LogP contribution in [-0.4, -0.2) is 27.4 Å². The summed E-state index contributed by atoms with van der Waals surface area (Å²) >= 11 is 1.91. The Morgan fingerprint density at radius 3 is 3.06 bits per heavy atom. The van der Waals surface area contributed by atoms with Crippen LogP contribution in [0, 0.1) is 0 Å². The van der Waals surface area contributed by atoms with Gasteiger partial charge in [0.15, 0.2) is 0 Å².